The van der Waals surface area contributed by atoms with Crippen LogP contribution in [0.15, 0.2) is 42.5 Å². The van der Waals surface area contributed by atoms with E-state index in [0.29, 0.717) is 11.4 Å². The van der Waals surface area contributed by atoms with Crippen molar-refractivity contribution in [3.63, 3.8) is 0 Å². The van der Waals surface area contributed by atoms with E-state index in [1.165, 1.54) is 6.07 Å². The van der Waals surface area contributed by atoms with Gasteiger partial charge in [0, 0.05) is 12.0 Å². The standard InChI is InChI=1S/C21H25N3O5/c1-3-28-18(25)13-12-17(21(27)29-4-2)24-20(26)16-11-10-15(22)19(23-16)14-8-6-5-7-9-14/h5-11,17H,3-4,12-13,22H2,1-2H3,(H,24,26). The summed E-state index contributed by atoms with van der Waals surface area (Å²) in [5.74, 6) is -1.64. The lowest BCUT2D eigenvalue weighted by Crippen LogP contribution is -2.42. The molecule has 1 unspecified atom stereocenters. The zero-order valence-corrected chi connectivity index (χ0v) is 16.5. The molecule has 1 heterocycles. The summed E-state index contributed by atoms with van der Waals surface area (Å²) < 4.78 is 9.87. The SMILES string of the molecule is CCOC(=O)CCC(NC(=O)c1ccc(N)c(-c2ccccc2)n1)C(=O)OCC. The fraction of sp³-hybridized carbons (Fsp3) is 0.333. The van der Waals surface area contributed by atoms with E-state index in [4.69, 9.17) is 15.2 Å². The van der Waals surface area contributed by atoms with Gasteiger partial charge >= 0.3 is 11.9 Å². The number of hydrogen-bond acceptors (Lipinski definition) is 7. The number of carbonyl (C=O) groups is 3. The summed E-state index contributed by atoms with van der Waals surface area (Å²) in [7, 11) is 0. The van der Waals surface area contributed by atoms with Crippen LogP contribution in [-0.4, -0.2) is 42.1 Å². The maximum atomic E-state index is 12.7. The third kappa shape index (κ3) is 6.31. The van der Waals surface area contributed by atoms with Crippen LogP contribution in [0, 0.1) is 0 Å². The zero-order valence-electron chi connectivity index (χ0n) is 16.5. The molecule has 3 N–H and O–H groups in total. The predicted molar refractivity (Wildman–Crippen MR) is 108 cm³/mol. The van der Waals surface area contributed by atoms with Crippen molar-refractivity contribution >= 4 is 23.5 Å². The second kappa shape index (κ2) is 10.8. The highest BCUT2D eigenvalue weighted by molar-refractivity contribution is 5.96. The molecular weight excluding hydrogens is 374 g/mol. The topological polar surface area (TPSA) is 121 Å². The van der Waals surface area contributed by atoms with E-state index < -0.39 is 23.9 Å². The summed E-state index contributed by atoms with van der Waals surface area (Å²) >= 11 is 0. The molecule has 1 aromatic heterocycles. The minimum atomic E-state index is -0.994. The smallest absolute Gasteiger partial charge is 0.328 e. The molecule has 0 radical (unpaired) electrons. The van der Waals surface area contributed by atoms with E-state index in [9.17, 15) is 14.4 Å². The van der Waals surface area contributed by atoms with Crippen LogP contribution < -0.4 is 11.1 Å². The summed E-state index contributed by atoms with van der Waals surface area (Å²) in [4.78, 5) is 40.8. The second-order valence-electron chi connectivity index (χ2n) is 6.12. The van der Waals surface area contributed by atoms with Crippen molar-refractivity contribution in [3.8, 4) is 11.3 Å². The molecule has 0 aliphatic heterocycles. The van der Waals surface area contributed by atoms with E-state index in [1.807, 2.05) is 30.3 Å². The molecule has 0 spiro atoms. The Balaban J connectivity index is 2.17. The van der Waals surface area contributed by atoms with Crippen molar-refractivity contribution in [2.24, 2.45) is 0 Å². The minimum absolute atomic E-state index is 0.0258. The van der Waals surface area contributed by atoms with Gasteiger partial charge in [-0.25, -0.2) is 9.78 Å². The van der Waals surface area contributed by atoms with Crippen molar-refractivity contribution in [2.75, 3.05) is 18.9 Å². The number of esters is 2. The normalized spacial score (nSPS) is 11.4. The predicted octanol–water partition coefficient (Wildman–Crippen LogP) is 2.34. The van der Waals surface area contributed by atoms with Crippen LogP contribution in [0.1, 0.15) is 37.2 Å². The van der Waals surface area contributed by atoms with E-state index in [0.717, 1.165) is 5.56 Å². The van der Waals surface area contributed by atoms with E-state index in [2.05, 4.69) is 10.3 Å². The van der Waals surface area contributed by atoms with Gasteiger partial charge in [-0.1, -0.05) is 30.3 Å². The summed E-state index contributed by atoms with van der Waals surface area (Å²) in [6, 6.07) is 11.3. The molecule has 8 heteroatoms. The Morgan fingerprint density at radius 2 is 1.72 bits per heavy atom. The van der Waals surface area contributed by atoms with Crippen molar-refractivity contribution in [1.82, 2.24) is 10.3 Å². The minimum Gasteiger partial charge on any atom is -0.466 e. The van der Waals surface area contributed by atoms with Gasteiger partial charge in [-0.2, -0.15) is 0 Å². The van der Waals surface area contributed by atoms with Crippen LogP contribution >= 0.6 is 0 Å². The van der Waals surface area contributed by atoms with E-state index >= 15 is 0 Å². The average Bonchev–Trinajstić information content (AvgIpc) is 2.72. The molecule has 2 aromatic rings. The highest BCUT2D eigenvalue weighted by Gasteiger charge is 2.24. The first-order chi connectivity index (χ1) is 14.0. The quantitative estimate of drug-likeness (QED) is 0.621. The molecule has 8 nitrogen and oxygen atoms in total. The molecule has 1 amide bonds. The first-order valence-corrected chi connectivity index (χ1v) is 9.41. The van der Waals surface area contributed by atoms with Crippen LogP contribution in [0.25, 0.3) is 11.3 Å². The van der Waals surface area contributed by atoms with Gasteiger partial charge in [-0.3, -0.25) is 9.59 Å². The first kappa shape index (κ1) is 21.9. The fourth-order valence-electron chi connectivity index (χ4n) is 2.64. The molecule has 29 heavy (non-hydrogen) atoms. The molecule has 1 atom stereocenters. The number of anilines is 1. The summed E-state index contributed by atoms with van der Waals surface area (Å²) in [5, 5.41) is 2.59. The maximum absolute atomic E-state index is 12.7. The van der Waals surface area contributed by atoms with Gasteiger partial charge in [0.1, 0.15) is 11.7 Å². The van der Waals surface area contributed by atoms with E-state index in [-0.39, 0.29) is 31.7 Å². The third-order valence-corrected chi connectivity index (χ3v) is 4.03. The molecule has 154 valence electrons. The highest BCUT2D eigenvalue weighted by Crippen LogP contribution is 2.23. The number of benzene rings is 1. The van der Waals surface area contributed by atoms with Gasteiger partial charge in [0.2, 0.25) is 0 Å². The molecule has 0 aliphatic carbocycles. The summed E-state index contributed by atoms with van der Waals surface area (Å²) in [6.07, 6.45) is 0.0337. The monoisotopic (exact) mass is 399 g/mol. The highest BCUT2D eigenvalue weighted by atomic mass is 16.5. The Labute approximate surface area is 169 Å². The van der Waals surface area contributed by atoms with Gasteiger partial charge in [0.05, 0.1) is 24.6 Å². The van der Waals surface area contributed by atoms with Crippen molar-refractivity contribution in [2.45, 2.75) is 32.7 Å². The Morgan fingerprint density at radius 3 is 2.38 bits per heavy atom. The van der Waals surface area contributed by atoms with Crippen LogP contribution in [0.4, 0.5) is 5.69 Å². The molecule has 0 bridgehead atoms. The van der Waals surface area contributed by atoms with Crippen molar-refractivity contribution in [1.29, 1.82) is 0 Å². The molecule has 1 aromatic carbocycles. The number of ether oxygens (including phenoxy) is 2. The summed E-state index contributed by atoms with van der Waals surface area (Å²) in [6.45, 7) is 3.76. The van der Waals surface area contributed by atoms with Crippen LogP contribution in [0.2, 0.25) is 0 Å². The van der Waals surface area contributed by atoms with Crippen LogP contribution in [-0.2, 0) is 19.1 Å². The molecule has 0 saturated carbocycles. The number of carbonyl (C=O) groups excluding carboxylic acids is 3. The lowest BCUT2D eigenvalue weighted by atomic mass is 10.1. The van der Waals surface area contributed by atoms with Crippen LogP contribution in [0.5, 0.6) is 0 Å². The lowest BCUT2D eigenvalue weighted by Gasteiger charge is -2.17. The number of amides is 1. The second-order valence-corrected chi connectivity index (χ2v) is 6.12. The summed E-state index contributed by atoms with van der Waals surface area (Å²) in [5.41, 5.74) is 7.77. The molecular formula is C21H25N3O5. The Bertz CT molecular complexity index is 855. The number of hydrogen-bond donors (Lipinski definition) is 2. The number of nitrogens with zero attached hydrogens (tertiary/aromatic N) is 1. The number of nitrogens with two attached hydrogens (primary N) is 1. The van der Waals surface area contributed by atoms with Gasteiger partial charge < -0.3 is 20.5 Å². The average molecular weight is 399 g/mol. The molecule has 2 rings (SSSR count). The zero-order chi connectivity index (χ0) is 21.2. The van der Waals surface area contributed by atoms with E-state index in [1.54, 1.807) is 19.9 Å². The molecule has 0 saturated heterocycles. The maximum Gasteiger partial charge on any atom is 0.328 e. The Hall–Kier alpha value is -3.42. The Morgan fingerprint density at radius 1 is 1.03 bits per heavy atom. The fourth-order valence-corrected chi connectivity index (χ4v) is 2.64. The van der Waals surface area contributed by atoms with Gasteiger partial charge in [0.15, 0.2) is 0 Å². The lowest BCUT2D eigenvalue weighted by molar-refractivity contribution is -0.146. The molecule has 0 fully saturated rings. The van der Waals surface area contributed by atoms with Crippen molar-refractivity contribution in [3.05, 3.63) is 48.2 Å². The third-order valence-electron chi connectivity index (χ3n) is 4.03. The van der Waals surface area contributed by atoms with Crippen LogP contribution in [0.3, 0.4) is 0 Å². The van der Waals surface area contributed by atoms with Crippen molar-refractivity contribution < 1.29 is 23.9 Å². The largest absolute Gasteiger partial charge is 0.466 e. The number of aromatic nitrogens is 1. The number of nitrogen functional groups attached to an aromatic ring is 1. The number of rotatable bonds is 9. The Kier molecular flexibility index (Phi) is 8.14. The molecule has 0 aliphatic rings. The van der Waals surface area contributed by atoms with Gasteiger partial charge in [-0.05, 0) is 32.4 Å². The number of pyridine rings is 1. The first-order valence-electron chi connectivity index (χ1n) is 9.41. The van der Waals surface area contributed by atoms with Gasteiger partial charge in [0.25, 0.3) is 5.91 Å². The number of nitrogens with one attached hydrogen (secondary N) is 1. The van der Waals surface area contributed by atoms with Gasteiger partial charge in [-0.15, -0.1) is 0 Å².